The van der Waals surface area contributed by atoms with Crippen LogP contribution in [0.15, 0.2) is 36.4 Å². The van der Waals surface area contributed by atoms with E-state index >= 15 is 0 Å². The average molecular weight is 270 g/mol. The zero-order valence-electron chi connectivity index (χ0n) is 11.9. The molecule has 0 saturated carbocycles. The van der Waals surface area contributed by atoms with Gasteiger partial charge in [0, 0.05) is 0 Å². The van der Waals surface area contributed by atoms with Gasteiger partial charge in [-0.1, -0.05) is 29.8 Å². The normalized spacial score (nSPS) is 10.3. The van der Waals surface area contributed by atoms with E-state index < -0.39 is 5.97 Å². The predicted octanol–water partition coefficient (Wildman–Crippen LogP) is 3.89. The molecule has 0 heterocycles. The molecule has 3 heteroatoms. The molecule has 0 aliphatic heterocycles. The fourth-order valence-electron chi connectivity index (χ4n) is 2.14. The van der Waals surface area contributed by atoms with Gasteiger partial charge in [0.1, 0.15) is 12.4 Å². The molecule has 0 aliphatic carbocycles. The van der Waals surface area contributed by atoms with Crippen LogP contribution in [0.1, 0.15) is 32.6 Å². The molecule has 0 spiro atoms. The second kappa shape index (κ2) is 5.78. The summed E-state index contributed by atoms with van der Waals surface area (Å²) in [5.74, 6) is -0.156. The zero-order chi connectivity index (χ0) is 14.7. The first-order chi connectivity index (χ1) is 9.47. The SMILES string of the molecule is Cc1ccc(COc2c(C)cc(C(=O)O)cc2C)cc1. The van der Waals surface area contributed by atoms with Crippen molar-refractivity contribution >= 4 is 5.97 Å². The van der Waals surface area contributed by atoms with Crippen molar-refractivity contribution in [2.45, 2.75) is 27.4 Å². The second-order valence-electron chi connectivity index (χ2n) is 5.02. The average Bonchev–Trinajstić information content (AvgIpc) is 2.39. The lowest BCUT2D eigenvalue weighted by Crippen LogP contribution is -2.03. The van der Waals surface area contributed by atoms with Crippen molar-refractivity contribution in [3.05, 3.63) is 64.2 Å². The van der Waals surface area contributed by atoms with Crippen LogP contribution in [0.4, 0.5) is 0 Å². The van der Waals surface area contributed by atoms with Crippen molar-refractivity contribution in [2.24, 2.45) is 0 Å². The molecule has 0 bridgehead atoms. The molecule has 3 nitrogen and oxygen atoms in total. The highest BCUT2D eigenvalue weighted by molar-refractivity contribution is 5.88. The molecule has 0 saturated heterocycles. The maximum Gasteiger partial charge on any atom is 0.335 e. The number of carbonyl (C=O) groups is 1. The second-order valence-corrected chi connectivity index (χ2v) is 5.02. The van der Waals surface area contributed by atoms with E-state index in [2.05, 4.69) is 0 Å². The highest BCUT2D eigenvalue weighted by Crippen LogP contribution is 2.25. The zero-order valence-corrected chi connectivity index (χ0v) is 11.9. The fraction of sp³-hybridized carbons (Fsp3) is 0.235. The van der Waals surface area contributed by atoms with Crippen LogP contribution in [0.3, 0.4) is 0 Å². The predicted molar refractivity (Wildman–Crippen MR) is 78.4 cm³/mol. The minimum Gasteiger partial charge on any atom is -0.488 e. The molecule has 1 N–H and O–H groups in total. The summed E-state index contributed by atoms with van der Waals surface area (Å²) in [6.07, 6.45) is 0. The number of hydrogen-bond acceptors (Lipinski definition) is 2. The molecule has 0 aromatic heterocycles. The van der Waals surface area contributed by atoms with Crippen molar-refractivity contribution in [3.8, 4) is 5.75 Å². The van der Waals surface area contributed by atoms with Crippen molar-refractivity contribution in [3.63, 3.8) is 0 Å². The van der Waals surface area contributed by atoms with E-state index in [0.717, 1.165) is 22.4 Å². The summed E-state index contributed by atoms with van der Waals surface area (Å²) >= 11 is 0. The van der Waals surface area contributed by atoms with Gasteiger partial charge in [-0.2, -0.15) is 0 Å². The summed E-state index contributed by atoms with van der Waals surface area (Å²) in [5.41, 5.74) is 4.29. The first-order valence-electron chi connectivity index (χ1n) is 6.50. The summed E-state index contributed by atoms with van der Waals surface area (Å²) in [4.78, 5) is 11.0. The Balaban J connectivity index is 2.17. The molecule has 2 aromatic carbocycles. The van der Waals surface area contributed by atoms with E-state index in [-0.39, 0.29) is 0 Å². The highest BCUT2D eigenvalue weighted by atomic mass is 16.5. The van der Waals surface area contributed by atoms with E-state index in [4.69, 9.17) is 9.84 Å². The van der Waals surface area contributed by atoms with Crippen molar-refractivity contribution in [1.82, 2.24) is 0 Å². The van der Waals surface area contributed by atoms with Crippen LogP contribution >= 0.6 is 0 Å². The smallest absolute Gasteiger partial charge is 0.335 e. The molecular formula is C17H18O3. The Kier molecular flexibility index (Phi) is 4.08. The van der Waals surface area contributed by atoms with Crippen molar-refractivity contribution in [1.29, 1.82) is 0 Å². The minimum atomic E-state index is -0.915. The van der Waals surface area contributed by atoms with E-state index in [1.165, 1.54) is 5.56 Å². The number of carboxylic acids is 1. The quantitative estimate of drug-likeness (QED) is 0.916. The van der Waals surface area contributed by atoms with Crippen molar-refractivity contribution < 1.29 is 14.6 Å². The maximum absolute atomic E-state index is 11.0. The van der Waals surface area contributed by atoms with Crippen molar-refractivity contribution in [2.75, 3.05) is 0 Å². The number of rotatable bonds is 4. The first-order valence-corrected chi connectivity index (χ1v) is 6.50. The molecule has 104 valence electrons. The molecule has 2 rings (SSSR count). The standard InChI is InChI=1S/C17H18O3/c1-11-4-6-14(7-5-11)10-20-16-12(2)8-15(17(18)19)9-13(16)3/h4-9H,10H2,1-3H3,(H,18,19). The van der Waals surface area contributed by atoms with E-state index in [1.807, 2.05) is 45.0 Å². The van der Waals surface area contributed by atoms with Gasteiger partial charge in [-0.25, -0.2) is 4.79 Å². The van der Waals surface area contributed by atoms with E-state index in [1.54, 1.807) is 12.1 Å². The monoisotopic (exact) mass is 270 g/mol. The van der Waals surface area contributed by atoms with Gasteiger partial charge >= 0.3 is 5.97 Å². The molecule has 0 atom stereocenters. The van der Waals surface area contributed by atoms with Gasteiger partial charge in [-0.05, 0) is 49.6 Å². The lowest BCUT2D eigenvalue weighted by atomic mass is 10.1. The third-order valence-electron chi connectivity index (χ3n) is 3.21. The molecule has 20 heavy (non-hydrogen) atoms. The van der Waals surface area contributed by atoms with Crippen LogP contribution < -0.4 is 4.74 Å². The lowest BCUT2D eigenvalue weighted by Gasteiger charge is -2.13. The number of hydrogen-bond donors (Lipinski definition) is 1. The molecule has 0 aliphatic rings. The summed E-state index contributed by atoms with van der Waals surface area (Å²) in [5, 5.41) is 9.02. The van der Waals surface area contributed by atoms with Gasteiger partial charge in [0.25, 0.3) is 0 Å². The third-order valence-corrected chi connectivity index (χ3v) is 3.21. The first kappa shape index (κ1) is 14.1. The third kappa shape index (κ3) is 3.18. The number of aryl methyl sites for hydroxylation is 3. The van der Waals surface area contributed by atoms with E-state index in [0.29, 0.717) is 12.2 Å². The van der Waals surface area contributed by atoms with Crippen LogP contribution in [0.25, 0.3) is 0 Å². The number of carboxylic acid groups (broad SMARTS) is 1. The Bertz CT molecular complexity index is 604. The number of aromatic carboxylic acids is 1. The van der Waals surface area contributed by atoms with E-state index in [9.17, 15) is 4.79 Å². The Hall–Kier alpha value is -2.29. The molecule has 0 unspecified atom stereocenters. The molecule has 0 amide bonds. The summed E-state index contributed by atoms with van der Waals surface area (Å²) in [6.45, 7) is 6.26. The summed E-state index contributed by atoms with van der Waals surface area (Å²) in [7, 11) is 0. The Labute approximate surface area is 118 Å². The van der Waals surface area contributed by atoms with Gasteiger partial charge in [-0.3, -0.25) is 0 Å². The highest BCUT2D eigenvalue weighted by Gasteiger charge is 2.10. The molecule has 0 fully saturated rings. The number of ether oxygens (including phenoxy) is 1. The van der Waals surface area contributed by atoms with Gasteiger partial charge in [0.15, 0.2) is 0 Å². The molecular weight excluding hydrogens is 252 g/mol. The van der Waals surface area contributed by atoms with Crippen LogP contribution in [0.5, 0.6) is 5.75 Å². The molecule has 2 aromatic rings. The van der Waals surface area contributed by atoms with Crippen LogP contribution in [-0.2, 0) is 6.61 Å². The molecule has 0 radical (unpaired) electrons. The Morgan fingerprint density at radius 3 is 2.10 bits per heavy atom. The Morgan fingerprint density at radius 1 is 1.05 bits per heavy atom. The summed E-state index contributed by atoms with van der Waals surface area (Å²) in [6, 6.07) is 11.4. The minimum absolute atomic E-state index is 0.294. The van der Waals surface area contributed by atoms with Gasteiger partial charge in [0.05, 0.1) is 5.56 Å². The lowest BCUT2D eigenvalue weighted by molar-refractivity contribution is 0.0696. The van der Waals surface area contributed by atoms with Crippen LogP contribution in [0.2, 0.25) is 0 Å². The Morgan fingerprint density at radius 2 is 1.60 bits per heavy atom. The van der Waals surface area contributed by atoms with Crippen LogP contribution in [-0.4, -0.2) is 11.1 Å². The van der Waals surface area contributed by atoms with Gasteiger partial charge in [0.2, 0.25) is 0 Å². The largest absolute Gasteiger partial charge is 0.488 e. The van der Waals surface area contributed by atoms with Gasteiger partial charge in [-0.15, -0.1) is 0 Å². The summed E-state index contributed by atoms with van der Waals surface area (Å²) < 4.78 is 5.84. The van der Waals surface area contributed by atoms with Crippen LogP contribution in [0, 0.1) is 20.8 Å². The fourth-order valence-corrected chi connectivity index (χ4v) is 2.14. The van der Waals surface area contributed by atoms with Gasteiger partial charge < -0.3 is 9.84 Å². The number of benzene rings is 2. The topological polar surface area (TPSA) is 46.5 Å². The maximum atomic E-state index is 11.0.